The van der Waals surface area contributed by atoms with Gasteiger partial charge in [-0.3, -0.25) is 0 Å². The molecular weight excluding hydrogens is 252 g/mol. The minimum atomic E-state index is -0.532. The van der Waals surface area contributed by atoms with Gasteiger partial charge in [-0.15, -0.1) is 0 Å². The lowest BCUT2D eigenvalue weighted by molar-refractivity contribution is 0.0955. The fraction of sp³-hybridized carbons (Fsp3) is 0.647. The van der Waals surface area contributed by atoms with Crippen molar-refractivity contribution in [3.05, 3.63) is 23.8 Å². The van der Waals surface area contributed by atoms with Crippen LogP contribution >= 0.6 is 0 Å². The number of methoxy groups -OCH3 is 1. The van der Waals surface area contributed by atoms with E-state index in [-0.39, 0.29) is 6.10 Å². The average Bonchev–Trinajstić information content (AvgIpc) is 2.42. The van der Waals surface area contributed by atoms with E-state index in [9.17, 15) is 5.11 Å². The van der Waals surface area contributed by atoms with Crippen molar-refractivity contribution in [2.45, 2.75) is 52.2 Å². The number of hydrogen-bond donors (Lipinski definition) is 1. The van der Waals surface area contributed by atoms with Crippen LogP contribution in [0.15, 0.2) is 18.2 Å². The van der Waals surface area contributed by atoms with E-state index in [0.29, 0.717) is 5.92 Å². The molecule has 1 aliphatic carbocycles. The Kier molecular flexibility index (Phi) is 4.92. The highest BCUT2D eigenvalue weighted by Crippen LogP contribution is 2.35. The summed E-state index contributed by atoms with van der Waals surface area (Å²) in [5.41, 5.74) is 0.831. The van der Waals surface area contributed by atoms with Crippen molar-refractivity contribution in [1.82, 2.24) is 0 Å². The van der Waals surface area contributed by atoms with E-state index in [1.807, 2.05) is 18.2 Å². The number of aliphatic hydroxyl groups excluding tert-OH is 1. The number of hydrogen-bond acceptors (Lipinski definition) is 3. The van der Waals surface area contributed by atoms with E-state index in [1.165, 1.54) is 6.42 Å². The van der Waals surface area contributed by atoms with Crippen LogP contribution in [0, 0.1) is 11.8 Å². The summed E-state index contributed by atoms with van der Waals surface area (Å²) in [5.74, 6) is 2.98. The highest BCUT2D eigenvalue weighted by Gasteiger charge is 2.26. The SMILES string of the molecule is COc1ccc([C@@H](C)O)c(OC2CCC(C)C(C)C2)c1. The van der Waals surface area contributed by atoms with Crippen LogP contribution in [0.2, 0.25) is 0 Å². The number of rotatable bonds is 4. The number of benzene rings is 1. The molecule has 1 saturated carbocycles. The van der Waals surface area contributed by atoms with Gasteiger partial charge in [0.2, 0.25) is 0 Å². The van der Waals surface area contributed by atoms with Crippen LogP contribution in [0.25, 0.3) is 0 Å². The molecule has 2 rings (SSSR count). The van der Waals surface area contributed by atoms with E-state index in [0.717, 1.165) is 35.8 Å². The molecule has 4 atom stereocenters. The molecule has 0 aliphatic heterocycles. The van der Waals surface area contributed by atoms with Gasteiger partial charge < -0.3 is 14.6 Å². The molecule has 0 spiro atoms. The maximum Gasteiger partial charge on any atom is 0.129 e. The van der Waals surface area contributed by atoms with Crippen molar-refractivity contribution in [3.8, 4) is 11.5 Å². The third-order valence-electron chi connectivity index (χ3n) is 4.51. The number of aliphatic hydroxyl groups is 1. The second-order valence-corrected chi connectivity index (χ2v) is 6.09. The van der Waals surface area contributed by atoms with E-state index < -0.39 is 6.10 Å². The number of ether oxygens (including phenoxy) is 2. The van der Waals surface area contributed by atoms with Crippen LogP contribution < -0.4 is 9.47 Å². The van der Waals surface area contributed by atoms with E-state index in [4.69, 9.17) is 9.47 Å². The Morgan fingerprint density at radius 1 is 1.20 bits per heavy atom. The lowest BCUT2D eigenvalue weighted by Crippen LogP contribution is -2.29. The van der Waals surface area contributed by atoms with Crippen LogP contribution in [0.3, 0.4) is 0 Å². The molecule has 3 nitrogen and oxygen atoms in total. The maximum atomic E-state index is 9.87. The van der Waals surface area contributed by atoms with Crippen molar-refractivity contribution in [3.63, 3.8) is 0 Å². The van der Waals surface area contributed by atoms with Gasteiger partial charge in [0.05, 0.1) is 19.3 Å². The lowest BCUT2D eigenvalue weighted by atomic mass is 9.80. The predicted molar refractivity (Wildman–Crippen MR) is 80.2 cm³/mol. The van der Waals surface area contributed by atoms with Gasteiger partial charge in [0.1, 0.15) is 11.5 Å². The van der Waals surface area contributed by atoms with Gasteiger partial charge in [-0.1, -0.05) is 13.8 Å². The van der Waals surface area contributed by atoms with Crippen LogP contribution in [-0.2, 0) is 0 Å². The van der Waals surface area contributed by atoms with Crippen molar-refractivity contribution in [2.75, 3.05) is 7.11 Å². The van der Waals surface area contributed by atoms with Crippen LogP contribution in [0.5, 0.6) is 11.5 Å². The quantitative estimate of drug-likeness (QED) is 0.906. The predicted octanol–water partition coefficient (Wildman–Crippen LogP) is 3.95. The van der Waals surface area contributed by atoms with Gasteiger partial charge in [0, 0.05) is 11.6 Å². The summed E-state index contributed by atoms with van der Waals surface area (Å²) in [6, 6.07) is 5.62. The van der Waals surface area contributed by atoms with Gasteiger partial charge >= 0.3 is 0 Å². The normalized spacial score (nSPS) is 27.9. The Balaban J connectivity index is 2.15. The van der Waals surface area contributed by atoms with Gasteiger partial charge in [0.15, 0.2) is 0 Å². The molecule has 20 heavy (non-hydrogen) atoms. The Morgan fingerprint density at radius 3 is 2.55 bits per heavy atom. The topological polar surface area (TPSA) is 38.7 Å². The van der Waals surface area contributed by atoms with Crippen molar-refractivity contribution in [2.24, 2.45) is 11.8 Å². The highest BCUT2D eigenvalue weighted by molar-refractivity contribution is 5.42. The first-order valence-corrected chi connectivity index (χ1v) is 7.54. The van der Waals surface area contributed by atoms with E-state index in [2.05, 4.69) is 13.8 Å². The third-order valence-corrected chi connectivity index (χ3v) is 4.51. The molecule has 0 heterocycles. The molecule has 3 unspecified atom stereocenters. The molecule has 0 amide bonds. The summed E-state index contributed by atoms with van der Waals surface area (Å²) in [6.45, 7) is 6.37. The molecule has 112 valence electrons. The molecule has 0 saturated heterocycles. The van der Waals surface area contributed by atoms with Crippen molar-refractivity contribution < 1.29 is 14.6 Å². The fourth-order valence-corrected chi connectivity index (χ4v) is 2.87. The fourth-order valence-electron chi connectivity index (χ4n) is 2.87. The molecular formula is C17H26O3. The standard InChI is InChI=1S/C17H26O3/c1-11-5-6-15(9-12(11)2)20-17-10-14(19-4)7-8-16(17)13(3)18/h7-8,10-13,15,18H,5-6,9H2,1-4H3/t11?,12?,13-,15?/m1/s1. The highest BCUT2D eigenvalue weighted by atomic mass is 16.5. The first-order chi connectivity index (χ1) is 9.51. The maximum absolute atomic E-state index is 9.87. The largest absolute Gasteiger partial charge is 0.497 e. The molecule has 1 aromatic carbocycles. The Labute approximate surface area is 121 Å². The Bertz CT molecular complexity index is 442. The summed E-state index contributed by atoms with van der Waals surface area (Å²) >= 11 is 0. The average molecular weight is 278 g/mol. The Morgan fingerprint density at radius 2 is 1.95 bits per heavy atom. The minimum Gasteiger partial charge on any atom is -0.497 e. The van der Waals surface area contributed by atoms with Gasteiger partial charge in [0.25, 0.3) is 0 Å². The van der Waals surface area contributed by atoms with E-state index >= 15 is 0 Å². The lowest BCUT2D eigenvalue weighted by Gasteiger charge is -2.33. The Hall–Kier alpha value is -1.22. The second kappa shape index (κ2) is 6.49. The minimum absolute atomic E-state index is 0.241. The monoisotopic (exact) mass is 278 g/mol. The molecule has 0 bridgehead atoms. The molecule has 0 radical (unpaired) electrons. The van der Waals surface area contributed by atoms with E-state index in [1.54, 1.807) is 14.0 Å². The molecule has 1 N–H and O–H groups in total. The second-order valence-electron chi connectivity index (χ2n) is 6.09. The van der Waals surface area contributed by atoms with Gasteiger partial charge in [-0.25, -0.2) is 0 Å². The first-order valence-electron chi connectivity index (χ1n) is 7.54. The zero-order valence-corrected chi connectivity index (χ0v) is 12.9. The van der Waals surface area contributed by atoms with Gasteiger partial charge in [-0.2, -0.15) is 0 Å². The smallest absolute Gasteiger partial charge is 0.129 e. The molecule has 0 aromatic heterocycles. The third kappa shape index (κ3) is 3.45. The van der Waals surface area contributed by atoms with Crippen LogP contribution in [-0.4, -0.2) is 18.3 Å². The summed E-state index contributed by atoms with van der Waals surface area (Å²) in [4.78, 5) is 0. The zero-order valence-electron chi connectivity index (χ0n) is 12.9. The van der Waals surface area contributed by atoms with Crippen LogP contribution in [0.4, 0.5) is 0 Å². The molecule has 3 heteroatoms. The summed E-state index contributed by atoms with van der Waals surface area (Å²) in [6.07, 6.45) is 3.08. The van der Waals surface area contributed by atoms with Gasteiger partial charge in [-0.05, 0) is 50.2 Å². The molecule has 1 aliphatic rings. The van der Waals surface area contributed by atoms with Crippen molar-refractivity contribution >= 4 is 0 Å². The summed E-state index contributed by atoms with van der Waals surface area (Å²) in [7, 11) is 1.64. The van der Waals surface area contributed by atoms with Crippen LogP contribution in [0.1, 0.15) is 51.7 Å². The molecule has 1 aromatic rings. The zero-order chi connectivity index (χ0) is 14.7. The summed E-state index contributed by atoms with van der Waals surface area (Å²) < 4.78 is 11.4. The summed E-state index contributed by atoms with van der Waals surface area (Å²) in [5, 5.41) is 9.87. The van der Waals surface area contributed by atoms with Crippen molar-refractivity contribution in [1.29, 1.82) is 0 Å². The molecule has 1 fully saturated rings. The first kappa shape index (κ1) is 15.2.